The van der Waals surface area contributed by atoms with Crippen molar-refractivity contribution in [3.8, 4) is 0 Å². The lowest BCUT2D eigenvalue weighted by molar-refractivity contribution is -0.134. The van der Waals surface area contributed by atoms with E-state index in [1.54, 1.807) is 0 Å². The molecule has 3 fully saturated rings. The van der Waals surface area contributed by atoms with Crippen LogP contribution < -0.4 is 5.32 Å². The third kappa shape index (κ3) is 2.37. The molecule has 4 nitrogen and oxygen atoms in total. The highest BCUT2D eigenvalue weighted by atomic mass is 16.2. The standard InChI is InChI=1S/C16H29N3O/c1-4-11(2)15-16(20)19(12(3)17-15)14-7-9-18-8-5-6-13(18)10-14/h11-15,17H,4-10H2,1-3H3. The molecule has 3 rings (SSSR count). The van der Waals surface area contributed by atoms with Crippen LogP contribution in [0.2, 0.25) is 0 Å². The minimum atomic E-state index is 0.0385. The average Bonchev–Trinajstić information content (AvgIpc) is 3.01. The summed E-state index contributed by atoms with van der Waals surface area (Å²) in [4.78, 5) is 17.6. The van der Waals surface area contributed by atoms with E-state index in [0.29, 0.717) is 17.9 Å². The van der Waals surface area contributed by atoms with Crippen LogP contribution in [0.15, 0.2) is 0 Å². The highest BCUT2D eigenvalue weighted by Gasteiger charge is 2.44. The van der Waals surface area contributed by atoms with Gasteiger partial charge in [0.1, 0.15) is 0 Å². The van der Waals surface area contributed by atoms with Crippen LogP contribution in [0.25, 0.3) is 0 Å². The Labute approximate surface area is 122 Å². The van der Waals surface area contributed by atoms with Crippen LogP contribution in [-0.4, -0.2) is 53.1 Å². The fourth-order valence-corrected chi connectivity index (χ4v) is 4.36. The quantitative estimate of drug-likeness (QED) is 0.856. The highest BCUT2D eigenvalue weighted by molar-refractivity contribution is 5.85. The van der Waals surface area contributed by atoms with Gasteiger partial charge in [-0.05, 0) is 45.1 Å². The molecule has 3 saturated heterocycles. The maximum Gasteiger partial charge on any atom is 0.241 e. The SMILES string of the molecule is CCC(C)C1NC(C)N(C2CCN3CCCC3C2)C1=O. The number of hydrogen-bond acceptors (Lipinski definition) is 3. The summed E-state index contributed by atoms with van der Waals surface area (Å²) in [5.74, 6) is 0.782. The Morgan fingerprint density at radius 3 is 2.85 bits per heavy atom. The van der Waals surface area contributed by atoms with Crippen molar-refractivity contribution in [2.75, 3.05) is 13.1 Å². The zero-order valence-electron chi connectivity index (χ0n) is 13.1. The van der Waals surface area contributed by atoms with Crippen LogP contribution in [0, 0.1) is 5.92 Å². The fraction of sp³-hybridized carbons (Fsp3) is 0.938. The summed E-state index contributed by atoms with van der Waals surface area (Å²) in [6, 6.07) is 1.23. The Balaban J connectivity index is 1.69. The molecule has 0 aliphatic carbocycles. The molecule has 0 spiro atoms. The molecule has 4 heteroatoms. The van der Waals surface area contributed by atoms with Gasteiger partial charge in [0.2, 0.25) is 5.91 Å². The van der Waals surface area contributed by atoms with E-state index in [2.05, 4.69) is 35.9 Å². The van der Waals surface area contributed by atoms with Gasteiger partial charge in [-0.3, -0.25) is 10.1 Å². The van der Waals surface area contributed by atoms with E-state index in [-0.39, 0.29) is 12.2 Å². The van der Waals surface area contributed by atoms with Gasteiger partial charge in [0.25, 0.3) is 0 Å². The van der Waals surface area contributed by atoms with Crippen molar-refractivity contribution >= 4 is 5.91 Å². The van der Waals surface area contributed by atoms with E-state index in [1.165, 1.54) is 32.4 Å². The Morgan fingerprint density at radius 1 is 1.30 bits per heavy atom. The van der Waals surface area contributed by atoms with Gasteiger partial charge in [-0.2, -0.15) is 0 Å². The van der Waals surface area contributed by atoms with Crippen molar-refractivity contribution < 1.29 is 4.79 Å². The first-order valence-electron chi connectivity index (χ1n) is 8.44. The molecule has 114 valence electrons. The summed E-state index contributed by atoms with van der Waals surface area (Å²) < 4.78 is 0. The predicted octanol–water partition coefficient (Wildman–Crippen LogP) is 1.81. The molecule has 1 N–H and O–H groups in total. The molecule has 20 heavy (non-hydrogen) atoms. The van der Waals surface area contributed by atoms with Crippen LogP contribution >= 0.6 is 0 Å². The van der Waals surface area contributed by atoms with E-state index in [1.807, 2.05) is 0 Å². The maximum atomic E-state index is 12.8. The number of amides is 1. The maximum absolute atomic E-state index is 12.8. The Bertz CT molecular complexity index is 373. The lowest BCUT2D eigenvalue weighted by Crippen LogP contribution is -2.51. The molecule has 5 unspecified atom stereocenters. The molecule has 0 saturated carbocycles. The van der Waals surface area contributed by atoms with Crippen molar-refractivity contribution in [2.24, 2.45) is 5.92 Å². The van der Waals surface area contributed by atoms with Gasteiger partial charge in [0.05, 0.1) is 12.2 Å². The lowest BCUT2D eigenvalue weighted by Gasteiger charge is -2.40. The number of fused-ring (bicyclic) bond motifs is 1. The van der Waals surface area contributed by atoms with Gasteiger partial charge in [0, 0.05) is 18.6 Å². The van der Waals surface area contributed by atoms with E-state index in [9.17, 15) is 4.79 Å². The zero-order valence-corrected chi connectivity index (χ0v) is 13.1. The smallest absolute Gasteiger partial charge is 0.241 e. The van der Waals surface area contributed by atoms with E-state index >= 15 is 0 Å². The zero-order chi connectivity index (χ0) is 14.3. The molecular weight excluding hydrogens is 250 g/mol. The normalized spacial score (nSPS) is 40.1. The molecule has 0 bridgehead atoms. The van der Waals surface area contributed by atoms with Crippen molar-refractivity contribution in [1.82, 2.24) is 15.1 Å². The van der Waals surface area contributed by atoms with Gasteiger partial charge in [-0.15, -0.1) is 0 Å². The molecule has 3 aliphatic rings. The molecule has 3 heterocycles. The highest BCUT2D eigenvalue weighted by Crippen LogP contribution is 2.32. The third-order valence-corrected chi connectivity index (χ3v) is 5.76. The van der Waals surface area contributed by atoms with Crippen LogP contribution in [-0.2, 0) is 4.79 Å². The Kier molecular flexibility index (Phi) is 4.04. The van der Waals surface area contributed by atoms with E-state index < -0.39 is 0 Å². The summed E-state index contributed by atoms with van der Waals surface area (Å²) in [5, 5.41) is 3.52. The summed E-state index contributed by atoms with van der Waals surface area (Å²) in [5.41, 5.74) is 0. The van der Waals surface area contributed by atoms with Crippen LogP contribution in [0.1, 0.15) is 52.9 Å². The van der Waals surface area contributed by atoms with E-state index in [0.717, 1.165) is 18.9 Å². The number of nitrogens with zero attached hydrogens (tertiary/aromatic N) is 2. The number of piperidine rings is 1. The minimum absolute atomic E-state index is 0.0385. The monoisotopic (exact) mass is 279 g/mol. The number of carbonyl (C=O) groups is 1. The van der Waals surface area contributed by atoms with Gasteiger partial charge in [-0.25, -0.2) is 0 Å². The second kappa shape index (κ2) is 5.64. The average molecular weight is 279 g/mol. The number of nitrogens with one attached hydrogen (secondary N) is 1. The molecule has 0 aromatic rings. The van der Waals surface area contributed by atoms with Gasteiger partial charge >= 0.3 is 0 Å². The summed E-state index contributed by atoms with van der Waals surface area (Å²) in [7, 11) is 0. The Morgan fingerprint density at radius 2 is 2.10 bits per heavy atom. The molecule has 0 aromatic heterocycles. The largest absolute Gasteiger partial charge is 0.323 e. The number of carbonyl (C=O) groups excluding carboxylic acids is 1. The fourth-order valence-electron chi connectivity index (χ4n) is 4.36. The molecular formula is C16H29N3O. The summed E-state index contributed by atoms with van der Waals surface area (Å²) in [6.45, 7) is 8.96. The van der Waals surface area contributed by atoms with Gasteiger partial charge in [-0.1, -0.05) is 20.3 Å². The third-order valence-electron chi connectivity index (χ3n) is 5.76. The summed E-state index contributed by atoms with van der Waals surface area (Å²) in [6.07, 6.45) is 6.28. The van der Waals surface area contributed by atoms with Crippen molar-refractivity contribution in [3.05, 3.63) is 0 Å². The Hall–Kier alpha value is -0.610. The molecule has 3 aliphatic heterocycles. The molecule has 0 aromatic carbocycles. The first kappa shape index (κ1) is 14.3. The van der Waals surface area contributed by atoms with Crippen LogP contribution in [0.3, 0.4) is 0 Å². The van der Waals surface area contributed by atoms with Crippen LogP contribution in [0.4, 0.5) is 0 Å². The van der Waals surface area contributed by atoms with Crippen molar-refractivity contribution in [1.29, 1.82) is 0 Å². The predicted molar refractivity (Wildman–Crippen MR) is 80.3 cm³/mol. The summed E-state index contributed by atoms with van der Waals surface area (Å²) >= 11 is 0. The topological polar surface area (TPSA) is 35.6 Å². The molecule has 0 radical (unpaired) electrons. The lowest BCUT2D eigenvalue weighted by atomic mass is 9.94. The number of rotatable bonds is 3. The first-order chi connectivity index (χ1) is 9.61. The molecule has 1 amide bonds. The van der Waals surface area contributed by atoms with Gasteiger partial charge in [0.15, 0.2) is 0 Å². The van der Waals surface area contributed by atoms with Crippen LogP contribution in [0.5, 0.6) is 0 Å². The van der Waals surface area contributed by atoms with Gasteiger partial charge < -0.3 is 9.80 Å². The van der Waals surface area contributed by atoms with Crippen molar-refractivity contribution in [3.63, 3.8) is 0 Å². The number of hydrogen-bond donors (Lipinski definition) is 1. The first-order valence-corrected chi connectivity index (χ1v) is 8.44. The second-order valence-corrected chi connectivity index (χ2v) is 6.96. The second-order valence-electron chi connectivity index (χ2n) is 6.96. The van der Waals surface area contributed by atoms with E-state index in [4.69, 9.17) is 0 Å². The molecule has 5 atom stereocenters. The van der Waals surface area contributed by atoms with Crippen molar-refractivity contribution in [2.45, 2.75) is 77.2 Å². The minimum Gasteiger partial charge on any atom is -0.323 e.